The quantitative estimate of drug-likeness (QED) is 0.592. The molecule has 0 heterocycles. The molecule has 88 valence electrons. The lowest BCUT2D eigenvalue weighted by Crippen LogP contribution is -2.32. The first-order chi connectivity index (χ1) is 7.00. The molecule has 0 aliphatic carbocycles. The van der Waals surface area contributed by atoms with Gasteiger partial charge in [0.2, 0.25) is 0 Å². The van der Waals surface area contributed by atoms with Gasteiger partial charge in [-0.15, -0.1) is 0 Å². The smallest absolute Gasteiger partial charge is 0.320 e. The summed E-state index contributed by atoms with van der Waals surface area (Å²) >= 11 is 0. The van der Waals surface area contributed by atoms with Gasteiger partial charge in [0.25, 0.3) is 5.69 Å². The first-order valence-corrected chi connectivity index (χ1v) is 4.22. The predicted molar refractivity (Wildman–Crippen MR) is 59.1 cm³/mol. The Morgan fingerprint density at radius 3 is 2.31 bits per heavy atom. The Hall–Kier alpha value is -1.95. The molecule has 0 saturated carbocycles. The molecule has 0 fully saturated rings. The zero-order valence-corrected chi connectivity index (χ0v) is 7.79. The van der Waals surface area contributed by atoms with Gasteiger partial charge in [0.15, 0.2) is 0 Å². The second-order valence-electron chi connectivity index (χ2n) is 3.07. The number of nitro benzene ring substituents is 1. The topological polar surface area (TPSA) is 106 Å². The van der Waals surface area contributed by atoms with Gasteiger partial charge in [-0.25, -0.2) is 0 Å². The van der Waals surface area contributed by atoms with Crippen molar-refractivity contribution in [2.24, 2.45) is 5.73 Å². The summed E-state index contributed by atoms with van der Waals surface area (Å²) in [6, 6.07) is 4.67. The van der Waals surface area contributed by atoms with Crippen LogP contribution in [0.25, 0.3) is 0 Å². The van der Waals surface area contributed by atoms with Crippen LogP contribution in [0.3, 0.4) is 0 Å². The van der Waals surface area contributed by atoms with Crippen LogP contribution in [0.2, 0.25) is 0 Å². The first kappa shape index (κ1) is 14.1. The second kappa shape index (κ2) is 5.82. The molecule has 1 rings (SSSR count). The number of hydrogen-bond donors (Lipinski definition) is 2. The maximum atomic E-state index is 10.4. The number of carboxylic acid groups (broad SMARTS) is 1. The largest absolute Gasteiger partial charge is 0.480 e. The lowest BCUT2D eigenvalue weighted by molar-refractivity contribution is -0.384. The molecule has 0 bridgehead atoms. The highest BCUT2D eigenvalue weighted by atomic mass is 16.6. The zero-order valence-electron chi connectivity index (χ0n) is 7.79. The molecule has 16 heavy (non-hydrogen) atoms. The molecule has 0 spiro atoms. The number of non-ortho nitro benzene ring substituents is 1. The highest BCUT2D eigenvalue weighted by Crippen LogP contribution is 2.12. The molecule has 1 aromatic carbocycles. The van der Waals surface area contributed by atoms with Gasteiger partial charge in [-0.1, -0.05) is 19.6 Å². The van der Waals surface area contributed by atoms with E-state index < -0.39 is 16.9 Å². The van der Waals surface area contributed by atoms with E-state index in [9.17, 15) is 14.9 Å². The molecule has 6 nitrogen and oxygen atoms in total. The molecule has 0 aliphatic heterocycles. The second-order valence-corrected chi connectivity index (χ2v) is 3.07. The number of carbonyl (C=O) groups is 1. The van der Waals surface area contributed by atoms with Gasteiger partial charge in [0, 0.05) is 12.1 Å². The Morgan fingerprint density at radius 2 is 1.94 bits per heavy atom. The van der Waals surface area contributed by atoms with Crippen molar-refractivity contribution in [2.45, 2.75) is 19.9 Å². The van der Waals surface area contributed by atoms with Gasteiger partial charge >= 0.3 is 5.97 Å². The summed E-state index contributed by atoms with van der Waals surface area (Å²) < 4.78 is 0. The van der Waals surface area contributed by atoms with E-state index in [-0.39, 0.29) is 19.5 Å². The molecule has 0 aromatic heterocycles. The normalized spacial score (nSPS) is 11.3. The van der Waals surface area contributed by atoms with Crippen LogP contribution < -0.4 is 5.73 Å². The fourth-order valence-electron chi connectivity index (χ4n) is 1.09. The van der Waals surface area contributed by atoms with Crippen molar-refractivity contribution < 1.29 is 14.8 Å². The van der Waals surface area contributed by atoms with Crippen LogP contribution in [0.15, 0.2) is 24.3 Å². The summed E-state index contributed by atoms with van der Waals surface area (Å²) in [6.07, 6.45) is 0.160. The molecule has 0 radical (unpaired) electrons. The standard InChI is InChI=1S/C9H10N2O4.CH4/c10-8(9(12)13)5-6-1-3-7(4-2-6)11(14)15;/h1-4,8H,5,10H2,(H,12,13);1H4/t8-;/m0./s1. The summed E-state index contributed by atoms with van der Waals surface area (Å²) in [4.78, 5) is 20.3. The maximum Gasteiger partial charge on any atom is 0.320 e. The van der Waals surface area contributed by atoms with E-state index in [4.69, 9.17) is 10.8 Å². The summed E-state index contributed by atoms with van der Waals surface area (Å²) in [5.41, 5.74) is 5.95. The van der Waals surface area contributed by atoms with Crippen molar-refractivity contribution in [1.82, 2.24) is 0 Å². The lowest BCUT2D eigenvalue weighted by Gasteiger charge is -2.05. The Bertz CT molecular complexity index is 375. The van der Waals surface area contributed by atoms with E-state index in [2.05, 4.69) is 0 Å². The highest BCUT2D eigenvalue weighted by molar-refractivity contribution is 5.73. The van der Waals surface area contributed by atoms with Crippen molar-refractivity contribution in [3.05, 3.63) is 39.9 Å². The summed E-state index contributed by atoms with van der Waals surface area (Å²) in [6.45, 7) is 0. The maximum absolute atomic E-state index is 10.4. The Labute approximate surface area is 92.8 Å². The summed E-state index contributed by atoms with van der Waals surface area (Å²) in [5.74, 6) is -1.09. The number of nitro groups is 1. The Balaban J connectivity index is 0.00000225. The number of rotatable bonds is 4. The lowest BCUT2D eigenvalue weighted by atomic mass is 10.1. The van der Waals surface area contributed by atoms with Gasteiger partial charge in [0.05, 0.1) is 4.92 Å². The van der Waals surface area contributed by atoms with Crippen molar-refractivity contribution in [3.63, 3.8) is 0 Å². The Kier molecular flexibility index (Phi) is 5.11. The molecular weight excluding hydrogens is 212 g/mol. The number of aliphatic carboxylic acids is 1. The van der Waals surface area contributed by atoms with Gasteiger partial charge in [-0.2, -0.15) is 0 Å². The number of benzene rings is 1. The molecular formula is C10H14N2O4. The van der Waals surface area contributed by atoms with Gasteiger partial charge in [-0.3, -0.25) is 14.9 Å². The molecule has 1 atom stereocenters. The highest BCUT2D eigenvalue weighted by Gasteiger charge is 2.12. The molecule has 1 aromatic rings. The molecule has 0 amide bonds. The minimum atomic E-state index is -1.09. The van der Waals surface area contributed by atoms with E-state index in [1.807, 2.05) is 0 Å². The number of hydrogen-bond acceptors (Lipinski definition) is 4. The Morgan fingerprint density at radius 1 is 1.44 bits per heavy atom. The monoisotopic (exact) mass is 226 g/mol. The van der Waals surface area contributed by atoms with Crippen LogP contribution in [-0.4, -0.2) is 22.0 Å². The van der Waals surface area contributed by atoms with Crippen LogP contribution in [-0.2, 0) is 11.2 Å². The zero-order chi connectivity index (χ0) is 11.4. The van der Waals surface area contributed by atoms with Crippen LogP contribution in [0.5, 0.6) is 0 Å². The van der Waals surface area contributed by atoms with E-state index in [0.717, 1.165) is 0 Å². The number of carboxylic acids is 1. The van der Waals surface area contributed by atoms with E-state index in [1.165, 1.54) is 24.3 Å². The van der Waals surface area contributed by atoms with Crippen molar-refractivity contribution >= 4 is 11.7 Å². The minimum Gasteiger partial charge on any atom is -0.480 e. The SMILES string of the molecule is C.N[C@@H](Cc1ccc([N+](=O)[O-])cc1)C(=O)O. The fourth-order valence-corrected chi connectivity index (χ4v) is 1.09. The van der Waals surface area contributed by atoms with Crippen LogP contribution in [0.1, 0.15) is 13.0 Å². The number of nitrogens with zero attached hydrogens (tertiary/aromatic N) is 1. The third-order valence-electron chi connectivity index (χ3n) is 1.92. The van der Waals surface area contributed by atoms with Gasteiger partial charge in [0.1, 0.15) is 6.04 Å². The summed E-state index contributed by atoms with van der Waals surface area (Å²) in [5, 5.41) is 18.9. The molecule has 0 aliphatic rings. The van der Waals surface area contributed by atoms with Crippen LogP contribution in [0, 0.1) is 10.1 Å². The predicted octanol–water partition coefficient (Wildman–Crippen LogP) is 1.19. The van der Waals surface area contributed by atoms with Crippen molar-refractivity contribution in [2.75, 3.05) is 0 Å². The van der Waals surface area contributed by atoms with Crippen LogP contribution >= 0.6 is 0 Å². The molecule has 3 N–H and O–H groups in total. The third-order valence-corrected chi connectivity index (χ3v) is 1.92. The fraction of sp³-hybridized carbons (Fsp3) is 0.300. The van der Waals surface area contributed by atoms with Gasteiger partial charge in [-0.05, 0) is 12.0 Å². The van der Waals surface area contributed by atoms with E-state index in [1.54, 1.807) is 0 Å². The van der Waals surface area contributed by atoms with E-state index in [0.29, 0.717) is 5.56 Å². The van der Waals surface area contributed by atoms with Crippen molar-refractivity contribution in [1.29, 1.82) is 0 Å². The van der Waals surface area contributed by atoms with Crippen LogP contribution in [0.4, 0.5) is 5.69 Å². The average molecular weight is 226 g/mol. The summed E-state index contributed by atoms with van der Waals surface area (Å²) in [7, 11) is 0. The third kappa shape index (κ3) is 3.66. The number of nitrogens with two attached hydrogens (primary N) is 1. The van der Waals surface area contributed by atoms with Gasteiger partial charge < -0.3 is 10.8 Å². The van der Waals surface area contributed by atoms with E-state index >= 15 is 0 Å². The average Bonchev–Trinajstić information content (AvgIpc) is 2.18. The first-order valence-electron chi connectivity index (χ1n) is 4.22. The molecule has 0 unspecified atom stereocenters. The molecule has 6 heteroatoms. The minimum absolute atomic E-state index is 0. The molecule has 0 saturated heterocycles. The van der Waals surface area contributed by atoms with Crippen molar-refractivity contribution in [3.8, 4) is 0 Å².